The molecule has 3 N–H and O–H groups in total. The minimum Gasteiger partial charge on any atom is -0.493 e. The number of aliphatic hydroxyl groups is 1. The summed E-state index contributed by atoms with van der Waals surface area (Å²) < 4.78 is 15.8. The van der Waals surface area contributed by atoms with Gasteiger partial charge < -0.3 is 25.1 Å². The molecule has 5 heteroatoms. The van der Waals surface area contributed by atoms with E-state index < -0.39 is 0 Å². The Morgan fingerprint density at radius 1 is 1.50 bits per heavy atom. The zero-order chi connectivity index (χ0) is 11.5. The highest BCUT2D eigenvalue weighted by atomic mass is 16.7. The molecule has 88 valence electrons. The van der Waals surface area contributed by atoms with Crippen LogP contribution in [0.3, 0.4) is 0 Å². The van der Waals surface area contributed by atoms with E-state index in [2.05, 4.69) is 0 Å². The molecule has 0 fully saturated rings. The average molecular weight is 225 g/mol. The zero-order valence-corrected chi connectivity index (χ0v) is 9.10. The molecule has 1 aromatic rings. The Hall–Kier alpha value is -1.46. The largest absolute Gasteiger partial charge is 0.493 e. The van der Waals surface area contributed by atoms with Crippen LogP contribution in [0.4, 0.5) is 0 Å². The van der Waals surface area contributed by atoms with E-state index in [9.17, 15) is 0 Å². The van der Waals surface area contributed by atoms with E-state index in [0.29, 0.717) is 23.7 Å². The third kappa shape index (κ3) is 1.91. The van der Waals surface area contributed by atoms with Gasteiger partial charge in [0.15, 0.2) is 11.5 Å². The van der Waals surface area contributed by atoms with Crippen molar-refractivity contribution in [3.05, 3.63) is 17.7 Å². The Balaban J connectivity index is 2.34. The molecule has 0 aromatic heterocycles. The number of hydrogen-bond acceptors (Lipinski definition) is 5. The number of nitrogens with two attached hydrogens (primary N) is 1. The van der Waals surface area contributed by atoms with Crippen molar-refractivity contribution in [1.29, 1.82) is 0 Å². The van der Waals surface area contributed by atoms with Crippen molar-refractivity contribution in [2.45, 2.75) is 12.5 Å². The molecule has 1 heterocycles. The van der Waals surface area contributed by atoms with Crippen LogP contribution in [0, 0.1) is 0 Å². The molecule has 16 heavy (non-hydrogen) atoms. The van der Waals surface area contributed by atoms with Gasteiger partial charge in [-0.3, -0.25) is 0 Å². The van der Waals surface area contributed by atoms with Gasteiger partial charge in [0, 0.05) is 12.6 Å². The first-order valence-electron chi connectivity index (χ1n) is 5.10. The van der Waals surface area contributed by atoms with E-state index in [1.807, 2.05) is 12.1 Å². The Morgan fingerprint density at radius 2 is 2.31 bits per heavy atom. The van der Waals surface area contributed by atoms with Gasteiger partial charge >= 0.3 is 0 Å². The summed E-state index contributed by atoms with van der Waals surface area (Å²) in [6.07, 6.45) is 0.503. The van der Waals surface area contributed by atoms with Crippen molar-refractivity contribution >= 4 is 0 Å². The standard InChI is InChI=1S/C11H15NO4/c1-14-9-4-7(8(12)2-3-13)5-10-11(9)16-6-15-10/h4-5,8,13H,2-3,6,12H2,1H3/t8-/m1/s1. The van der Waals surface area contributed by atoms with Crippen molar-refractivity contribution in [2.24, 2.45) is 5.73 Å². The van der Waals surface area contributed by atoms with Gasteiger partial charge in [-0.1, -0.05) is 0 Å². The first-order valence-corrected chi connectivity index (χ1v) is 5.10. The maximum Gasteiger partial charge on any atom is 0.231 e. The summed E-state index contributed by atoms with van der Waals surface area (Å²) in [5.74, 6) is 1.86. The van der Waals surface area contributed by atoms with Crippen LogP contribution < -0.4 is 19.9 Å². The highest BCUT2D eigenvalue weighted by Gasteiger charge is 2.21. The molecule has 0 radical (unpaired) electrons. The van der Waals surface area contributed by atoms with E-state index >= 15 is 0 Å². The summed E-state index contributed by atoms with van der Waals surface area (Å²) in [7, 11) is 1.57. The van der Waals surface area contributed by atoms with Crippen LogP contribution in [0.5, 0.6) is 17.2 Å². The number of ether oxygens (including phenoxy) is 3. The van der Waals surface area contributed by atoms with Crippen LogP contribution in [0.25, 0.3) is 0 Å². The molecular weight excluding hydrogens is 210 g/mol. The van der Waals surface area contributed by atoms with Gasteiger partial charge in [0.25, 0.3) is 0 Å². The minimum atomic E-state index is -0.228. The number of hydrogen-bond donors (Lipinski definition) is 2. The van der Waals surface area contributed by atoms with Crippen molar-refractivity contribution in [1.82, 2.24) is 0 Å². The molecule has 1 aliphatic rings. The highest BCUT2D eigenvalue weighted by molar-refractivity contribution is 5.55. The minimum absolute atomic E-state index is 0.0535. The Morgan fingerprint density at radius 3 is 3.00 bits per heavy atom. The Bertz CT molecular complexity index is 380. The SMILES string of the molecule is COc1cc([C@H](N)CCO)cc2c1OCO2. The number of fused-ring (bicyclic) bond motifs is 1. The summed E-state index contributed by atoms with van der Waals surface area (Å²) in [6.45, 7) is 0.252. The Labute approximate surface area is 93.7 Å². The van der Waals surface area contributed by atoms with Crippen molar-refractivity contribution in [3.8, 4) is 17.2 Å². The number of aliphatic hydroxyl groups excluding tert-OH is 1. The van der Waals surface area contributed by atoms with Crippen LogP contribution in [0.15, 0.2) is 12.1 Å². The molecule has 0 amide bonds. The van der Waals surface area contributed by atoms with E-state index in [0.717, 1.165) is 5.56 Å². The monoisotopic (exact) mass is 225 g/mol. The second-order valence-electron chi connectivity index (χ2n) is 3.58. The van der Waals surface area contributed by atoms with E-state index in [1.165, 1.54) is 0 Å². The molecular formula is C11H15NO4. The second kappa shape index (κ2) is 4.59. The van der Waals surface area contributed by atoms with Crippen LogP contribution in [-0.2, 0) is 0 Å². The molecule has 5 nitrogen and oxygen atoms in total. The summed E-state index contributed by atoms with van der Waals surface area (Å²) in [4.78, 5) is 0. The number of benzene rings is 1. The number of rotatable bonds is 4. The number of methoxy groups -OCH3 is 1. The van der Waals surface area contributed by atoms with Gasteiger partial charge in [-0.05, 0) is 24.1 Å². The van der Waals surface area contributed by atoms with Gasteiger partial charge in [0.2, 0.25) is 12.5 Å². The van der Waals surface area contributed by atoms with Crippen molar-refractivity contribution in [2.75, 3.05) is 20.5 Å². The molecule has 1 aromatic carbocycles. The third-order valence-corrected chi connectivity index (χ3v) is 2.55. The summed E-state index contributed by atoms with van der Waals surface area (Å²) in [6, 6.07) is 3.41. The van der Waals surface area contributed by atoms with E-state index in [-0.39, 0.29) is 19.4 Å². The van der Waals surface area contributed by atoms with Crippen LogP contribution in [-0.4, -0.2) is 25.6 Å². The molecule has 0 saturated heterocycles. The van der Waals surface area contributed by atoms with Crippen LogP contribution in [0.1, 0.15) is 18.0 Å². The first kappa shape index (κ1) is 11.0. The highest BCUT2D eigenvalue weighted by Crippen LogP contribution is 2.42. The molecule has 0 unspecified atom stereocenters. The maximum atomic E-state index is 8.85. The predicted molar refractivity (Wildman–Crippen MR) is 57.7 cm³/mol. The normalized spacial score (nSPS) is 14.9. The fourth-order valence-electron chi connectivity index (χ4n) is 1.67. The van der Waals surface area contributed by atoms with Crippen molar-refractivity contribution in [3.63, 3.8) is 0 Å². The molecule has 0 bridgehead atoms. The first-order chi connectivity index (χ1) is 7.76. The average Bonchev–Trinajstić information content (AvgIpc) is 2.75. The zero-order valence-electron chi connectivity index (χ0n) is 9.10. The lowest BCUT2D eigenvalue weighted by Gasteiger charge is -2.13. The lowest BCUT2D eigenvalue weighted by Crippen LogP contribution is -2.12. The van der Waals surface area contributed by atoms with Gasteiger partial charge in [-0.25, -0.2) is 0 Å². The molecule has 0 saturated carbocycles. The van der Waals surface area contributed by atoms with Gasteiger partial charge in [-0.15, -0.1) is 0 Å². The Kier molecular flexibility index (Phi) is 3.17. The smallest absolute Gasteiger partial charge is 0.231 e. The molecule has 1 aliphatic heterocycles. The quantitative estimate of drug-likeness (QED) is 0.793. The molecule has 0 spiro atoms. The fraction of sp³-hybridized carbons (Fsp3) is 0.455. The van der Waals surface area contributed by atoms with E-state index in [4.69, 9.17) is 25.1 Å². The molecule has 2 rings (SSSR count). The lowest BCUT2D eigenvalue weighted by molar-refractivity contribution is 0.171. The third-order valence-electron chi connectivity index (χ3n) is 2.55. The van der Waals surface area contributed by atoms with Gasteiger partial charge in [0.05, 0.1) is 7.11 Å². The summed E-state index contributed by atoms with van der Waals surface area (Å²) >= 11 is 0. The topological polar surface area (TPSA) is 73.9 Å². The van der Waals surface area contributed by atoms with Crippen LogP contribution >= 0.6 is 0 Å². The van der Waals surface area contributed by atoms with Crippen LogP contribution in [0.2, 0.25) is 0 Å². The van der Waals surface area contributed by atoms with Crippen molar-refractivity contribution < 1.29 is 19.3 Å². The van der Waals surface area contributed by atoms with E-state index in [1.54, 1.807) is 7.11 Å². The maximum absolute atomic E-state index is 8.85. The molecule has 1 atom stereocenters. The summed E-state index contributed by atoms with van der Waals surface area (Å²) in [5, 5.41) is 8.85. The lowest BCUT2D eigenvalue weighted by atomic mass is 10.0. The summed E-state index contributed by atoms with van der Waals surface area (Å²) in [5.41, 5.74) is 6.78. The fourth-order valence-corrected chi connectivity index (χ4v) is 1.67. The predicted octanol–water partition coefficient (Wildman–Crippen LogP) is 0.806. The van der Waals surface area contributed by atoms with Gasteiger partial charge in [-0.2, -0.15) is 0 Å². The van der Waals surface area contributed by atoms with Gasteiger partial charge in [0.1, 0.15) is 0 Å². The molecule has 0 aliphatic carbocycles. The second-order valence-corrected chi connectivity index (χ2v) is 3.58.